The number of carbonyl (C=O) groups is 2. The van der Waals surface area contributed by atoms with E-state index in [-0.39, 0.29) is 12.3 Å². The van der Waals surface area contributed by atoms with Gasteiger partial charge in [-0.1, -0.05) is 28.4 Å². The van der Waals surface area contributed by atoms with Gasteiger partial charge in [-0.05, 0) is 24.6 Å². The zero-order valence-electron chi connectivity index (χ0n) is 15.4. The second-order valence-electron chi connectivity index (χ2n) is 6.58. The zero-order chi connectivity index (χ0) is 20.3. The smallest absolute Gasteiger partial charge is 0.334 e. The van der Waals surface area contributed by atoms with Gasteiger partial charge < -0.3 is 24.4 Å². The Kier molecular flexibility index (Phi) is 6.44. The molecule has 2 heterocycles. The molecule has 2 aliphatic rings. The second-order valence-corrected chi connectivity index (χ2v) is 7.45. The monoisotopic (exact) mass is 430 g/mol. The van der Waals surface area contributed by atoms with Crippen LogP contribution in [-0.2, 0) is 28.6 Å². The van der Waals surface area contributed by atoms with Crippen molar-refractivity contribution in [1.29, 1.82) is 0 Å². The van der Waals surface area contributed by atoms with Crippen molar-refractivity contribution in [1.82, 2.24) is 5.32 Å². The normalized spacial score (nSPS) is 26.5. The molecule has 8 nitrogen and oxygen atoms in total. The molecule has 3 rings (SSSR count). The average molecular weight is 431 g/mol. The van der Waals surface area contributed by atoms with Crippen molar-refractivity contribution in [3.05, 3.63) is 33.8 Å². The number of rotatable bonds is 6. The molecule has 0 aliphatic carbocycles. The standard InChI is InChI=1S/C18H20Cl2N2O6/c1-25-16(23)15-3-10(9-27-15)8-21-17(24)18(26-2)7-14(22-28-18)11-4-12(19)6-13(20)5-11/h4-6,10,15H,3,7-9H2,1-2H3,(H,21,24)/t10-,15+,18?/m0/s1. The Morgan fingerprint density at radius 3 is 2.64 bits per heavy atom. The largest absolute Gasteiger partial charge is 0.467 e. The lowest BCUT2D eigenvalue weighted by atomic mass is 10.0. The fourth-order valence-corrected chi connectivity index (χ4v) is 3.64. The number of nitrogens with one attached hydrogen (secondary N) is 1. The van der Waals surface area contributed by atoms with Crippen molar-refractivity contribution < 1.29 is 28.6 Å². The van der Waals surface area contributed by atoms with E-state index in [1.165, 1.54) is 14.2 Å². The molecule has 1 fully saturated rings. The number of hydrogen-bond donors (Lipinski definition) is 1. The SMILES string of the molecule is COC(=O)[C@H]1C[C@@H](CNC(=O)C2(OC)CC(c3cc(Cl)cc(Cl)c3)=NO2)CO1. The van der Waals surface area contributed by atoms with Gasteiger partial charge in [-0.15, -0.1) is 0 Å². The molecule has 10 heteroatoms. The van der Waals surface area contributed by atoms with E-state index in [0.717, 1.165) is 0 Å². The van der Waals surface area contributed by atoms with E-state index >= 15 is 0 Å². The van der Waals surface area contributed by atoms with Crippen LogP contribution in [0.3, 0.4) is 0 Å². The van der Waals surface area contributed by atoms with E-state index in [4.69, 9.17) is 37.5 Å². The Hall–Kier alpha value is -1.87. The maximum absolute atomic E-state index is 12.7. The van der Waals surface area contributed by atoms with E-state index in [1.807, 2.05) is 0 Å². The van der Waals surface area contributed by atoms with Crippen LogP contribution in [0.5, 0.6) is 0 Å². The third-order valence-corrected chi connectivity index (χ3v) is 5.11. The minimum atomic E-state index is -1.58. The molecule has 1 unspecified atom stereocenters. The Balaban J connectivity index is 1.59. The molecule has 1 N–H and O–H groups in total. The molecule has 1 aromatic carbocycles. The van der Waals surface area contributed by atoms with Gasteiger partial charge in [0.1, 0.15) is 0 Å². The third kappa shape index (κ3) is 4.41. The van der Waals surface area contributed by atoms with Gasteiger partial charge in [0.15, 0.2) is 6.10 Å². The van der Waals surface area contributed by atoms with Crippen LogP contribution in [0.2, 0.25) is 10.0 Å². The summed E-state index contributed by atoms with van der Waals surface area (Å²) in [5, 5.41) is 7.67. The van der Waals surface area contributed by atoms with Crippen molar-refractivity contribution in [2.24, 2.45) is 11.1 Å². The third-order valence-electron chi connectivity index (χ3n) is 4.67. The first kappa shape index (κ1) is 20.9. The highest BCUT2D eigenvalue weighted by molar-refractivity contribution is 6.35. The highest BCUT2D eigenvalue weighted by Crippen LogP contribution is 2.30. The van der Waals surface area contributed by atoms with Gasteiger partial charge in [-0.3, -0.25) is 4.79 Å². The summed E-state index contributed by atoms with van der Waals surface area (Å²) >= 11 is 12.1. The maximum Gasteiger partial charge on any atom is 0.334 e. The van der Waals surface area contributed by atoms with E-state index in [0.29, 0.717) is 40.9 Å². The van der Waals surface area contributed by atoms with Gasteiger partial charge in [-0.25, -0.2) is 4.79 Å². The van der Waals surface area contributed by atoms with Crippen molar-refractivity contribution in [2.45, 2.75) is 24.7 Å². The lowest BCUT2D eigenvalue weighted by molar-refractivity contribution is -0.209. The summed E-state index contributed by atoms with van der Waals surface area (Å²) in [5.41, 5.74) is 1.14. The first-order chi connectivity index (χ1) is 13.4. The fourth-order valence-electron chi connectivity index (χ4n) is 3.11. The number of oxime groups is 1. The molecule has 28 heavy (non-hydrogen) atoms. The number of ether oxygens (including phenoxy) is 3. The molecular formula is C18H20Cl2N2O6. The molecule has 0 radical (unpaired) electrons. The highest BCUT2D eigenvalue weighted by atomic mass is 35.5. The molecule has 3 atom stereocenters. The number of esters is 1. The quantitative estimate of drug-likeness (QED) is 0.694. The summed E-state index contributed by atoms with van der Waals surface area (Å²) in [4.78, 5) is 29.6. The maximum atomic E-state index is 12.7. The summed E-state index contributed by atoms with van der Waals surface area (Å²) in [6.07, 6.45) is -0.0392. The number of benzene rings is 1. The number of hydrogen-bond acceptors (Lipinski definition) is 7. The van der Waals surface area contributed by atoms with Crippen LogP contribution >= 0.6 is 23.2 Å². The van der Waals surface area contributed by atoms with E-state index in [9.17, 15) is 9.59 Å². The van der Waals surface area contributed by atoms with Gasteiger partial charge >= 0.3 is 11.8 Å². The molecule has 1 amide bonds. The Bertz CT molecular complexity index is 782. The first-order valence-electron chi connectivity index (χ1n) is 8.61. The van der Waals surface area contributed by atoms with E-state index < -0.39 is 23.8 Å². The molecule has 0 saturated carbocycles. The van der Waals surface area contributed by atoms with Crippen LogP contribution in [0, 0.1) is 5.92 Å². The van der Waals surface area contributed by atoms with Crippen LogP contribution in [0.15, 0.2) is 23.4 Å². The van der Waals surface area contributed by atoms with Crippen LogP contribution in [0.25, 0.3) is 0 Å². The highest BCUT2D eigenvalue weighted by Gasteiger charge is 2.48. The summed E-state index contributed by atoms with van der Waals surface area (Å²) < 4.78 is 15.4. The molecule has 1 aromatic rings. The van der Waals surface area contributed by atoms with E-state index in [1.54, 1.807) is 18.2 Å². The summed E-state index contributed by atoms with van der Waals surface area (Å²) in [7, 11) is 2.68. The number of nitrogens with zero attached hydrogens (tertiary/aromatic N) is 1. The fraction of sp³-hybridized carbons (Fsp3) is 0.500. The molecule has 0 aromatic heterocycles. The number of carbonyl (C=O) groups excluding carboxylic acids is 2. The molecule has 152 valence electrons. The minimum Gasteiger partial charge on any atom is -0.467 e. The number of halogens is 2. The van der Waals surface area contributed by atoms with Gasteiger partial charge in [0.2, 0.25) is 0 Å². The summed E-state index contributed by atoms with van der Waals surface area (Å²) in [6, 6.07) is 4.97. The topological polar surface area (TPSA) is 95.5 Å². The van der Waals surface area contributed by atoms with Crippen LogP contribution in [0.4, 0.5) is 0 Å². The molecule has 0 bridgehead atoms. The predicted octanol–water partition coefficient (Wildman–Crippen LogP) is 2.15. The number of methoxy groups -OCH3 is 2. The Morgan fingerprint density at radius 1 is 1.29 bits per heavy atom. The van der Waals surface area contributed by atoms with Crippen LogP contribution < -0.4 is 5.32 Å². The average Bonchev–Trinajstić information content (AvgIpc) is 3.32. The van der Waals surface area contributed by atoms with Crippen molar-refractivity contribution >= 4 is 40.8 Å². The number of amides is 1. The van der Waals surface area contributed by atoms with Gasteiger partial charge in [0.25, 0.3) is 5.91 Å². The minimum absolute atomic E-state index is 0.0181. The lowest BCUT2D eigenvalue weighted by Crippen LogP contribution is -2.49. The Morgan fingerprint density at radius 2 is 2.00 bits per heavy atom. The van der Waals surface area contributed by atoms with E-state index in [2.05, 4.69) is 15.2 Å². The van der Waals surface area contributed by atoms with Gasteiger partial charge in [-0.2, -0.15) is 0 Å². The van der Waals surface area contributed by atoms with Gasteiger partial charge in [0, 0.05) is 35.2 Å². The summed E-state index contributed by atoms with van der Waals surface area (Å²) in [5.74, 6) is -2.48. The first-order valence-corrected chi connectivity index (χ1v) is 9.37. The van der Waals surface area contributed by atoms with Crippen molar-refractivity contribution in [2.75, 3.05) is 27.4 Å². The van der Waals surface area contributed by atoms with Crippen molar-refractivity contribution in [3.63, 3.8) is 0 Å². The molecule has 1 saturated heterocycles. The Labute approximate surface area is 172 Å². The molecule has 0 spiro atoms. The zero-order valence-corrected chi connectivity index (χ0v) is 16.9. The van der Waals surface area contributed by atoms with Gasteiger partial charge in [0.05, 0.1) is 25.8 Å². The molecule has 2 aliphatic heterocycles. The van der Waals surface area contributed by atoms with Crippen LogP contribution in [-0.4, -0.2) is 56.9 Å². The summed E-state index contributed by atoms with van der Waals surface area (Å²) in [6.45, 7) is 0.656. The molecular weight excluding hydrogens is 411 g/mol. The van der Waals surface area contributed by atoms with Crippen LogP contribution in [0.1, 0.15) is 18.4 Å². The lowest BCUT2D eigenvalue weighted by Gasteiger charge is -2.24. The van der Waals surface area contributed by atoms with Crippen molar-refractivity contribution in [3.8, 4) is 0 Å². The second kappa shape index (κ2) is 8.65. The predicted molar refractivity (Wildman–Crippen MR) is 101 cm³/mol.